The van der Waals surface area contributed by atoms with E-state index in [1.165, 1.54) is 18.2 Å². The third-order valence-electron chi connectivity index (χ3n) is 3.91. The molecule has 5 nitrogen and oxygen atoms in total. The van der Waals surface area contributed by atoms with Gasteiger partial charge in [-0.25, -0.2) is 0 Å². The van der Waals surface area contributed by atoms with Crippen molar-refractivity contribution in [3.63, 3.8) is 0 Å². The maximum absolute atomic E-state index is 12.0. The lowest BCUT2D eigenvalue weighted by atomic mass is 9.87. The highest BCUT2D eigenvalue weighted by molar-refractivity contribution is 5.99. The summed E-state index contributed by atoms with van der Waals surface area (Å²) < 4.78 is 0. The van der Waals surface area contributed by atoms with E-state index in [-0.39, 0.29) is 29.2 Å². The number of aliphatic hydroxyl groups excluding tert-OH is 1. The van der Waals surface area contributed by atoms with Crippen molar-refractivity contribution >= 4 is 11.6 Å². The van der Waals surface area contributed by atoms with Crippen molar-refractivity contribution in [2.45, 2.75) is 25.7 Å². The topological polar surface area (TPSA) is 95.6 Å². The molecule has 0 saturated heterocycles. The Morgan fingerprint density at radius 3 is 2.68 bits per heavy atom. The van der Waals surface area contributed by atoms with Crippen LogP contribution in [0, 0.1) is 5.41 Å². The van der Waals surface area contributed by atoms with Gasteiger partial charge in [-0.3, -0.25) is 4.79 Å². The Kier molecular flexibility index (Phi) is 3.95. The predicted molar refractivity (Wildman–Crippen MR) is 72.8 cm³/mol. The summed E-state index contributed by atoms with van der Waals surface area (Å²) >= 11 is 0. The van der Waals surface area contributed by atoms with Crippen molar-refractivity contribution in [1.82, 2.24) is 5.32 Å². The van der Waals surface area contributed by atoms with E-state index in [4.69, 9.17) is 5.73 Å². The van der Waals surface area contributed by atoms with Gasteiger partial charge in [-0.15, -0.1) is 0 Å². The van der Waals surface area contributed by atoms with E-state index in [0.29, 0.717) is 12.2 Å². The SMILES string of the molecule is Nc1ccc(O)cc1C(=O)NCC1(CO)CCCC1. The highest BCUT2D eigenvalue weighted by Crippen LogP contribution is 2.37. The number of aliphatic hydroxyl groups is 1. The lowest BCUT2D eigenvalue weighted by Crippen LogP contribution is -2.38. The number of phenolic OH excluding ortho intramolecular Hbond substituents is 1. The molecule has 1 aliphatic carbocycles. The molecule has 0 spiro atoms. The minimum absolute atomic E-state index is 0.0112. The Hall–Kier alpha value is -1.75. The number of nitrogens with two attached hydrogens (primary N) is 1. The molecule has 19 heavy (non-hydrogen) atoms. The fraction of sp³-hybridized carbons (Fsp3) is 0.500. The molecule has 1 aliphatic rings. The highest BCUT2D eigenvalue weighted by Gasteiger charge is 2.33. The molecule has 1 fully saturated rings. The second kappa shape index (κ2) is 5.48. The summed E-state index contributed by atoms with van der Waals surface area (Å²) in [5, 5.41) is 21.7. The lowest BCUT2D eigenvalue weighted by Gasteiger charge is -2.26. The Bertz CT molecular complexity index is 468. The number of aromatic hydroxyl groups is 1. The van der Waals surface area contributed by atoms with E-state index in [2.05, 4.69) is 5.32 Å². The van der Waals surface area contributed by atoms with Crippen LogP contribution in [-0.4, -0.2) is 29.3 Å². The fourth-order valence-corrected chi connectivity index (χ4v) is 2.62. The van der Waals surface area contributed by atoms with Gasteiger partial charge in [0.2, 0.25) is 0 Å². The molecule has 0 atom stereocenters. The second-order valence-electron chi connectivity index (χ2n) is 5.32. The van der Waals surface area contributed by atoms with E-state index >= 15 is 0 Å². The number of phenols is 1. The first kappa shape index (κ1) is 13.7. The number of carbonyl (C=O) groups is 1. The van der Waals surface area contributed by atoms with Crippen LogP contribution in [-0.2, 0) is 0 Å². The summed E-state index contributed by atoms with van der Waals surface area (Å²) in [7, 11) is 0. The number of amides is 1. The van der Waals surface area contributed by atoms with Gasteiger partial charge in [0.25, 0.3) is 5.91 Å². The van der Waals surface area contributed by atoms with E-state index in [1.807, 2.05) is 0 Å². The molecule has 0 aliphatic heterocycles. The minimum Gasteiger partial charge on any atom is -0.508 e. The normalized spacial score (nSPS) is 17.3. The van der Waals surface area contributed by atoms with Gasteiger partial charge < -0.3 is 21.3 Å². The maximum atomic E-state index is 12.0. The predicted octanol–water partition coefficient (Wildman–Crippen LogP) is 1.26. The molecule has 1 amide bonds. The van der Waals surface area contributed by atoms with Gasteiger partial charge in [0.1, 0.15) is 5.75 Å². The molecule has 1 saturated carbocycles. The van der Waals surface area contributed by atoms with Crippen molar-refractivity contribution in [3.8, 4) is 5.75 Å². The van der Waals surface area contributed by atoms with E-state index in [9.17, 15) is 15.0 Å². The van der Waals surface area contributed by atoms with Crippen molar-refractivity contribution in [3.05, 3.63) is 23.8 Å². The van der Waals surface area contributed by atoms with Crippen molar-refractivity contribution in [1.29, 1.82) is 0 Å². The van der Waals surface area contributed by atoms with Crippen molar-refractivity contribution in [2.75, 3.05) is 18.9 Å². The summed E-state index contributed by atoms with van der Waals surface area (Å²) in [6, 6.07) is 4.30. The number of anilines is 1. The largest absolute Gasteiger partial charge is 0.508 e. The molecule has 1 aromatic rings. The van der Waals surface area contributed by atoms with Crippen LogP contribution >= 0.6 is 0 Å². The van der Waals surface area contributed by atoms with Gasteiger partial charge in [0.05, 0.1) is 12.2 Å². The summed E-state index contributed by atoms with van der Waals surface area (Å²) in [6.45, 7) is 0.528. The van der Waals surface area contributed by atoms with Gasteiger partial charge in [-0.1, -0.05) is 12.8 Å². The molecular formula is C14H20N2O3. The first-order valence-electron chi connectivity index (χ1n) is 6.54. The average molecular weight is 264 g/mol. The average Bonchev–Trinajstić information content (AvgIpc) is 2.88. The molecule has 2 rings (SSSR count). The van der Waals surface area contributed by atoms with E-state index in [1.54, 1.807) is 0 Å². The first-order valence-corrected chi connectivity index (χ1v) is 6.54. The Morgan fingerprint density at radius 2 is 2.05 bits per heavy atom. The molecule has 0 unspecified atom stereocenters. The molecule has 1 aromatic carbocycles. The molecule has 5 N–H and O–H groups in total. The Labute approximate surface area is 112 Å². The molecule has 0 bridgehead atoms. The quantitative estimate of drug-likeness (QED) is 0.486. The van der Waals surface area contributed by atoms with Crippen LogP contribution in [0.3, 0.4) is 0 Å². The third-order valence-corrected chi connectivity index (χ3v) is 3.91. The molecule has 0 aromatic heterocycles. The number of carbonyl (C=O) groups excluding carboxylic acids is 1. The van der Waals surface area contributed by atoms with Crippen LogP contribution in [0.2, 0.25) is 0 Å². The first-order chi connectivity index (χ1) is 9.06. The Morgan fingerprint density at radius 1 is 1.37 bits per heavy atom. The summed E-state index contributed by atoms with van der Waals surface area (Å²) in [6.07, 6.45) is 4.04. The third kappa shape index (κ3) is 2.98. The van der Waals surface area contributed by atoms with Crippen LogP contribution in [0.4, 0.5) is 5.69 Å². The van der Waals surface area contributed by atoms with Gasteiger partial charge >= 0.3 is 0 Å². The number of nitrogens with one attached hydrogen (secondary N) is 1. The van der Waals surface area contributed by atoms with Gasteiger partial charge in [0.15, 0.2) is 0 Å². The zero-order valence-electron chi connectivity index (χ0n) is 10.9. The van der Waals surface area contributed by atoms with Gasteiger partial charge in [0, 0.05) is 17.6 Å². The van der Waals surface area contributed by atoms with Crippen molar-refractivity contribution in [2.24, 2.45) is 5.41 Å². The summed E-state index contributed by atoms with van der Waals surface area (Å²) in [4.78, 5) is 12.0. The number of hydrogen-bond donors (Lipinski definition) is 4. The van der Waals surface area contributed by atoms with Crippen LogP contribution in [0.25, 0.3) is 0 Å². The molecule has 5 heteroatoms. The number of rotatable bonds is 4. The molecule has 0 radical (unpaired) electrons. The standard InChI is InChI=1S/C14H20N2O3/c15-12-4-3-10(18)7-11(12)13(19)16-8-14(9-17)5-1-2-6-14/h3-4,7,17-18H,1-2,5-6,8-9,15H2,(H,16,19). The number of benzene rings is 1. The zero-order valence-corrected chi connectivity index (χ0v) is 10.9. The van der Waals surface area contributed by atoms with E-state index < -0.39 is 0 Å². The van der Waals surface area contributed by atoms with Crippen LogP contribution in [0.1, 0.15) is 36.0 Å². The zero-order chi connectivity index (χ0) is 13.9. The lowest BCUT2D eigenvalue weighted by molar-refractivity contribution is 0.0881. The fourth-order valence-electron chi connectivity index (χ4n) is 2.62. The van der Waals surface area contributed by atoms with Crippen LogP contribution < -0.4 is 11.1 Å². The maximum Gasteiger partial charge on any atom is 0.253 e. The Balaban J connectivity index is 2.03. The van der Waals surface area contributed by atoms with Gasteiger partial charge in [-0.2, -0.15) is 0 Å². The van der Waals surface area contributed by atoms with E-state index in [0.717, 1.165) is 25.7 Å². The highest BCUT2D eigenvalue weighted by atomic mass is 16.3. The van der Waals surface area contributed by atoms with Gasteiger partial charge in [-0.05, 0) is 31.0 Å². The second-order valence-corrected chi connectivity index (χ2v) is 5.32. The minimum atomic E-state index is -0.312. The molecule has 0 heterocycles. The monoisotopic (exact) mass is 264 g/mol. The van der Waals surface area contributed by atoms with Crippen LogP contribution in [0.15, 0.2) is 18.2 Å². The molecule has 104 valence electrons. The summed E-state index contributed by atoms with van der Waals surface area (Å²) in [5.74, 6) is -0.301. The summed E-state index contributed by atoms with van der Waals surface area (Å²) in [5.41, 5.74) is 6.13. The smallest absolute Gasteiger partial charge is 0.253 e. The molecular weight excluding hydrogens is 244 g/mol. The van der Waals surface area contributed by atoms with Crippen molar-refractivity contribution < 1.29 is 15.0 Å². The van der Waals surface area contributed by atoms with Crippen LogP contribution in [0.5, 0.6) is 5.75 Å². The number of hydrogen-bond acceptors (Lipinski definition) is 4. The number of nitrogen functional groups attached to an aromatic ring is 1.